The Morgan fingerprint density at radius 3 is 3.05 bits per heavy atom. The monoisotopic (exact) mass is 288 g/mol. The summed E-state index contributed by atoms with van der Waals surface area (Å²) in [6, 6.07) is 0. The number of carbonyl (C=O) groups is 1. The molecule has 6 nitrogen and oxygen atoms in total. The number of aromatic nitrogens is 4. The molecule has 1 N–H and O–H groups in total. The van der Waals surface area contributed by atoms with E-state index >= 15 is 0 Å². The Morgan fingerprint density at radius 1 is 1.38 bits per heavy atom. The predicted molar refractivity (Wildman–Crippen MR) is 77.0 cm³/mol. The van der Waals surface area contributed by atoms with Crippen molar-refractivity contribution in [2.24, 2.45) is 7.05 Å². The van der Waals surface area contributed by atoms with Crippen LogP contribution < -0.4 is 0 Å². The van der Waals surface area contributed by atoms with Crippen molar-refractivity contribution >= 4 is 5.97 Å². The van der Waals surface area contributed by atoms with Crippen molar-refractivity contribution in [2.75, 3.05) is 6.61 Å². The van der Waals surface area contributed by atoms with Gasteiger partial charge < -0.3 is 4.74 Å². The van der Waals surface area contributed by atoms with Crippen LogP contribution in [-0.2, 0) is 31.0 Å². The Labute approximate surface area is 123 Å². The Kier molecular flexibility index (Phi) is 4.03. The van der Waals surface area contributed by atoms with Crippen molar-refractivity contribution in [1.29, 1.82) is 0 Å². The molecular formula is C15H20N4O2. The van der Waals surface area contributed by atoms with Gasteiger partial charge in [-0.15, -0.1) is 0 Å². The van der Waals surface area contributed by atoms with Crippen molar-refractivity contribution in [3.8, 4) is 0 Å². The van der Waals surface area contributed by atoms with Crippen LogP contribution in [0.2, 0.25) is 0 Å². The first-order valence-electron chi connectivity index (χ1n) is 7.45. The molecule has 0 atom stereocenters. The molecule has 1 aliphatic rings. The van der Waals surface area contributed by atoms with Crippen molar-refractivity contribution in [3.05, 3.63) is 34.9 Å². The van der Waals surface area contributed by atoms with Gasteiger partial charge in [-0.05, 0) is 31.2 Å². The number of H-pyrrole nitrogens is 1. The maximum absolute atomic E-state index is 12.2. The number of hydrogen-bond acceptors (Lipinski definition) is 4. The molecule has 21 heavy (non-hydrogen) atoms. The first-order chi connectivity index (χ1) is 10.2. The van der Waals surface area contributed by atoms with Gasteiger partial charge in [0, 0.05) is 30.9 Å². The molecule has 0 radical (unpaired) electrons. The number of aryl methyl sites for hydroxylation is 2. The first-order valence-corrected chi connectivity index (χ1v) is 7.45. The van der Waals surface area contributed by atoms with Crippen LogP contribution in [0.25, 0.3) is 0 Å². The van der Waals surface area contributed by atoms with Gasteiger partial charge >= 0.3 is 5.97 Å². The van der Waals surface area contributed by atoms with Crippen LogP contribution in [0.5, 0.6) is 0 Å². The lowest BCUT2D eigenvalue weighted by molar-refractivity contribution is 0.0501. The average Bonchev–Trinajstić information content (AvgIpc) is 2.99. The molecule has 2 aromatic heterocycles. The van der Waals surface area contributed by atoms with E-state index in [-0.39, 0.29) is 5.97 Å². The molecule has 6 heteroatoms. The Bertz CT molecular complexity index is 629. The Morgan fingerprint density at radius 2 is 2.24 bits per heavy atom. The van der Waals surface area contributed by atoms with E-state index in [4.69, 9.17) is 4.74 Å². The highest BCUT2D eigenvalue weighted by Crippen LogP contribution is 2.22. The summed E-state index contributed by atoms with van der Waals surface area (Å²) in [6.07, 6.45) is 9.75. The van der Waals surface area contributed by atoms with E-state index in [0.29, 0.717) is 18.7 Å². The molecule has 0 bridgehead atoms. The maximum atomic E-state index is 12.2. The van der Waals surface area contributed by atoms with Gasteiger partial charge in [0.2, 0.25) is 0 Å². The zero-order valence-corrected chi connectivity index (χ0v) is 12.3. The number of ether oxygens (including phenoxy) is 1. The number of esters is 1. The molecule has 0 amide bonds. The molecule has 2 heterocycles. The van der Waals surface area contributed by atoms with Crippen LogP contribution in [0.3, 0.4) is 0 Å². The van der Waals surface area contributed by atoms with Crippen molar-refractivity contribution in [2.45, 2.75) is 38.5 Å². The lowest BCUT2D eigenvalue weighted by atomic mass is 10.1. The predicted octanol–water partition coefficient (Wildman–Crippen LogP) is 1.81. The number of hydrogen-bond donors (Lipinski definition) is 1. The van der Waals surface area contributed by atoms with E-state index in [0.717, 1.165) is 42.5 Å². The summed E-state index contributed by atoms with van der Waals surface area (Å²) in [5.74, 6) is -0.321. The van der Waals surface area contributed by atoms with Crippen LogP contribution in [0.1, 0.15) is 46.6 Å². The standard InChI is InChI=1S/C15H20N4O2/c1-19-10-11(9-16-19)7-8-21-15(20)14-12-5-3-2-4-6-13(12)17-18-14/h9-10H,2-8H2,1H3,(H,17,18). The summed E-state index contributed by atoms with van der Waals surface area (Å²) in [7, 11) is 1.87. The zero-order valence-electron chi connectivity index (χ0n) is 12.3. The molecule has 0 aromatic carbocycles. The van der Waals surface area contributed by atoms with Gasteiger partial charge in [-0.25, -0.2) is 4.79 Å². The minimum absolute atomic E-state index is 0.321. The van der Waals surface area contributed by atoms with E-state index in [2.05, 4.69) is 15.3 Å². The quantitative estimate of drug-likeness (QED) is 0.688. The van der Waals surface area contributed by atoms with Gasteiger partial charge in [-0.3, -0.25) is 9.78 Å². The third-order valence-corrected chi connectivity index (χ3v) is 3.88. The third kappa shape index (κ3) is 3.15. The molecule has 0 fully saturated rings. The lowest BCUT2D eigenvalue weighted by Gasteiger charge is -2.04. The zero-order chi connectivity index (χ0) is 14.7. The smallest absolute Gasteiger partial charge is 0.359 e. The summed E-state index contributed by atoms with van der Waals surface area (Å²) in [5, 5.41) is 11.2. The summed E-state index contributed by atoms with van der Waals surface area (Å²) < 4.78 is 7.09. The lowest BCUT2D eigenvalue weighted by Crippen LogP contribution is -2.11. The highest BCUT2D eigenvalue weighted by molar-refractivity contribution is 5.89. The van der Waals surface area contributed by atoms with Crippen LogP contribution in [0.4, 0.5) is 0 Å². The number of nitrogens with one attached hydrogen (secondary N) is 1. The van der Waals surface area contributed by atoms with Crippen molar-refractivity contribution in [1.82, 2.24) is 20.0 Å². The molecule has 0 aliphatic heterocycles. The summed E-state index contributed by atoms with van der Waals surface area (Å²) in [5.41, 5.74) is 3.69. The number of aromatic amines is 1. The third-order valence-electron chi connectivity index (χ3n) is 3.88. The second kappa shape index (κ2) is 6.11. The topological polar surface area (TPSA) is 72.8 Å². The van der Waals surface area contributed by atoms with Crippen LogP contribution >= 0.6 is 0 Å². The average molecular weight is 288 g/mol. The number of nitrogens with zero attached hydrogens (tertiary/aromatic N) is 3. The molecular weight excluding hydrogens is 268 g/mol. The number of fused-ring (bicyclic) bond motifs is 1. The molecule has 0 saturated heterocycles. The molecule has 0 unspecified atom stereocenters. The number of rotatable bonds is 4. The highest BCUT2D eigenvalue weighted by atomic mass is 16.5. The van der Waals surface area contributed by atoms with Crippen LogP contribution in [0, 0.1) is 0 Å². The SMILES string of the molecule is Cn1cc(CCOC(=O)c2n[nH]c3c2CCCCC3)cn1. The van der Waals surface area contributed by atoms with Crippen LogP contribution in [-0.4, -0.2) is 32.6 Å². The second-order valence-electron chi connectivity index (χ2n) is 5.50. The van der Waals surface area contributed by atoms with E-state index in [1.54, 1.807) is 10.9 Å². The fourth-order valence-electron chi connectivity index (χ4n) is 2.76. The fraction of sp³-hybridized carbons (Fsp3) is 0.533. The largest absolute Gasteiger partial charge is 0.461 e. The van der Waals surface area contributed by atoms with E-state index < -0.39 is 0 Å². The minimum atomic E-state index is -0.321. The van der Waals surface area contributed by atoms with Crippen molar-refractivity contribution in [3.63, 3.8) is 0 Å². The van der Waals surface area contributed by atoms with Gasteiger partial charge in [0.15, 0.2) is 5.69 Å². The van der Waals surface area contributed by atoms with E-state index in [9.17, 15) is 4.79 Å². The first kappa shape index (κ1) is 13.9. The van der Waals surface area contributed by atoms with E-state index in [1.165, 1.54) is 6.42 Å². The van der Waals surface area contributed by atoms with Gasteiger partial charge in [-0.1, -0.05) is 6.42 Å². The Balaban J connectivity index is 1.59. The van der Waals surface area contributed by atoms with Gasteiger partial charge in [0.25, 0.3) is 0 Å². The van der Waals surface area contributed by atoms with Crippen molar-refractivity contribution < 1.29 is 9.53 Å². The van der Waals surface area contributed by atoms with Gasteiger partial charge in [-0.2, -0.15) is 10.2 Å². The molecule has 3 rings (SSSR count). The van der Waals surface area contributed by atoms with Gasteiger partial charge in [0.1, 0.15) is 0 Å². The fourth-order valence-corrected chi connectivity index (χ4v) is 2.76. The normalized spacial score (nSPS) is 14.5. The second-order valence-corrected chi connectivity index (χ2v) is 5.50. The van der Waals surface area contributed by atoms with E-state index in [1.807, 2.05) is 13.2 Å². The molecule has 1 aliphatic carbocycles. The highest BCUT2D eigenvalue weighted by Gasteiger charge is 2.21. The summed E-state index contributed by atoms with van der Waals surface area (Å²) >= 11 is 0. The Hall–Kier alpha value is -2.11. The summed E-state index contributed by atoms with van der Waals surface area (Å²) in [6.45, 7) is 0.353. The minimum Gasteiger partial charge on any atom is -0.461 e. The maximum Gasteiger partial charge on any atom is 0.359 e. The molecule has 0 saturated carbocycles. The molecule has 2 aromatic rings. The van der Waals surface area contributed by atoms with Crippen LogP contribution in [0.15, 0.2) is 12.4 Å². The van der Waals surface area contributed by atoms with Gasteiger partial charge in [0.05, 0.1) is 12.8 Å². The number of carbonyl (C=O) groups excluding carboxylic acids is 1. The summed E-state index contributed by atoms with van der Waals surface area (Å²) in [4.78, 5) is 12.2. The molecule has 0 spiro atoms. The molecule has 112 valence electrons.